The van der Waals surface area contributed by atoms with E-state index in [4.69, 9.17) is 0 Å². The number of hydrogen-bond donors (Lipinski definition) is 2. The molecule has 0 bridgehead atoms. The summed E-state index contributed by atoms with van der Waals surface area (Å²) in [6.07, 6.45) is 4.00. The lowest BCUT2D eigenvalue weighted by Gasteiger charge is -2.39. The van der Waals surface area contributed by atoms with E-state index in [2.05, 4.69) is 49.2 Å². The number of aromatic nitrogens is 3. The van der Waals surface area contributed by atoms with Gasteiger partial charge in [0.15, 0.2) is 5.82 Å². The molecule has 2 aliphatic rings. The molecular formula is C26H32F2N8. The normalized spacial score (nSPS) is 16.2. The molecular weight excluding hydrogens is 462 g/mol. The van der Waals surface area contributed by atoms with Crippen LogP contribution >= 0.6 is 0 Å². The molecule has 2 aromatic heterocycles. The summed E-state index contributed by atoms with van der Waals surface area (Å²) in [7, 11) is 1.87. The van der Waals surface area contributed by atoms with Gasteiger partial charge in [-0.3, -0.25) is 0 Å². The number of nitrogens with zero attached hydrogens (tertiary/aromatic N) is 6. The Bertz CT molecular complexity index is 1210. The van der Waals surface area contributed by atoms with Gasteiger partial charge in [-0.1, -0.05) is 0 Å². The predicted molar refractivity (Wildman–Crippen MR) is 140 cm³/mol. The minimum atomic E-state index is -0.613. The number of anilines is 5. The van der Waals surface area contributed by atoms with Gasteiger partial charge in [0.1, 0.15) is 17.3 Å². The number of likely N-dealkylation sites (N-methyl/N-ethyl adjacent to an activating group) is 1. The minimum Gasteiger partial charge on any atom is -0.369 e. The summed E-state index contributed by atoms with van der Waals surface area (Å²) in [6, 6.07) is 7.19. The molecule has 1 saturated heterocycles. The van der Waals surface area contributed by atoms with E-state index in [1.54, 1.807) is 0 Å². The SMILES string of the molecule is CC(C)N1CCN(C)c2c(F)cc(-c3nc(Nc4ccc(N5CCCNCC5)cn4)ncc3F)cc21. The van der Waals surface area contributed by atoms with Crippen molar-refractivity contribution in [1.29, 1.82) is 0 Å². The van der Waals surface area contributed by atoms with E-state index < -0.39 is 11.6 Å². The monoisotopic (exact) mass is 494 g/mol. The molecule has 0 amide bonds. The van der Waals surface area contributed by atoms with Crippen molar-refractivity contribution < 1.29 is 8.78 Å². The van der Waals surface area contributed by atoms with Crippen LogP contribution in [0.15, 0.2) is 36.7 Å². The first-order chi connectivity index (χ1) is 17.4. The predicted octanol–water partition coefficient (Wildman–Crippen LogP) is 4.02. The fraction of sp³-hybridized carbons (Fsp3) is 0.423. The van der Waals surface area contributed by atoms with Crippen molar-refractivity contribution in [2.24, 2.45) is 0 Å². The second kappa shape index (κ2) is 10.2. The van der Waals surface area contributed by atoms with Gasteiger partial charge in [-0.05, 0) is 51.1 Å². The summed E-state index contributed by atoms with van der Waals surface area (Å²) in [6.45, 7) is 9.49. The van der Waals surface area contributed by atoms with Crippen molar-refractivity contribution in [1.82, 2.24) is 20.3 Å². The molecule has 1 aromatic carbocycles. The molecule has 0 unspecified atom stereocenters. The third kappa shape index (κ3) is 4.90. The van der Waals surface area contributed by atoms with E-state index in [0.29, 0.717) is 17.1 Å². The fourth-order valence-corrected chi connectivity index (χ4v) is 4.84. The van der Waals surface area contributed by atoms with Crippen LogP contribution in [0.5, 0.6) is 0 Å². The number of fused-ring (bicyclic) bond motifs is 1. The molecule has 1 fully saturated rings. The van der Waals surface area contributed by atoms with E-state index in [-0.39, 0.29) is 17.7 Å². The van der Waals surface area contributed by atoms with Gasteiger partial charge >= 0.3 is 0 Å². The van der Waals surface area contributed by atoms with Gasteiger partial charge < -0.3 is 25.3 Å². The lowest BCUT2D eigenvalue weighted by molar-refractivity contribution is 0.599. The van der Waals surface area contributed by atoms with E-state index >= 15 is 4.39 Å². The number of rotatable bonds is 5. The Hall–Kier alpha value is -3.53. The molecule has 4 heterocycles. The molecule has 0 aliphatic carbocycles. The summed E-state index contributed by atoms with van der Waals surface area (Å²) < 4.78 is 30.1. The van der Waals surface area contributed by atoms with Gasteiger partial charge in [0, 0.05) is 51.4 Å². The summed E-state index contributed by atoms with van der Waals surface area (Å²) in [5.41, 5.74) is 2.72. The first kappa shape index (κ1) is 24.2. The highest BCUT2D eigenvalue weighted by Crippen LogP contribution is 2.39. The van der Waals surface area contributed by atoms with Crippen molar-refractivity contribution in [2.75, 3.05) is 66.3 Å². The van der Waals surface area contributed by atoms with E-state index in [1.165, 1.54) is 6.07 Å². The molecule has 190 valence electrons. The van der Waals surface area contributed by atoms with Gasteiger partial charge in [-0.2, -0.15) is 0 Å². The third-order valence-corrected chi connectivity index (χ3v) is 6.74. The number of benzene rings is 1. The van der Waals surface area contributed by atoms with Gasteiger partial charge in [0.05, 0.1) is 29.5 Å². The maximum absolute atomic E-state index is 15.2. The molecule has 8 nitrogen and oxygen atoms in total. The average molecular weight is 495 g/mol. The van der Waals surface area contributed by atoms with E-state index in [1.807, 2.05) is 36.3 Å². The Morgan fingerprint density at radius 2 is 1.83 bits per heavy atom. The van der Waals surface area contributed by atoms with E-state index in [0.717, 1.165) is 63.3 Å². The maximum Gasteiger partial charge on any atom is 0.229 e. The summed E-state index contributed by atoms with van der Waals surface area (Å²) in [5, 5.41) is 6.45. The Morgan fingerprint density at radius 1 is 0.972 bits per heavy atom. The Morgan fingerprint density at radius 3 is 2.61 bits per heavy atom. The van der Waals surface area contributed by atoms with Crippen LogP contribution in [0.2, 0.25) is 0 Å². The molecule has 0 radical (unpaired) electrons. The fourth-order valence-electron chi connectivity index (χ4n) is 4.84. The highest BCUT2D eigenvalue weighted by Gasteiger charge is 2.27. The van der Waals surface area contributed by atoms with Crippen LogP contribution < -0.4 is 25.3 Å². The van der Waals surface area contributed by atoms with Crippen molar-refractivity contribution >= 4 is 28.8 Å². The average Bonchev–Trinajstić information content (AvgIpc) is 3.15. The molecule has 0 spiro atoms. The Kier molecular flexibility index (Phi) is 6.86. The zero-order chi connectivity index (χ0) is 25.2. The van der Waals surface area contributed by atoms with Crippen molar-refractivity contribution in [3.05, 3.63) is 48.3 Å². The lowest BCUT2D eigenvalue weighted by Crippen LogP contribution is -2.43. The summed E-state index contributed by atoms with van der Waals surface area (Å²) >= 11 is 0. The van der Waals surface area contributed by atoms with Crippen molar-refractivity contribution in [2.45, 2.75) is 26.3 Å². The Balaban J connectivity index is 1.41. The van der Waals surface area contributed by atoms with Crippen LogP contribution in [0.3, 0.4) is 0 Å². The second-order valence-corrected chi connectivity index (χ2v) is 9.54. The topological polar surface area (TPSA) is 72.5 Å². The lowest BCUT2D eigenvalue weighted by atomic mass is 10.0. The molecule has 5 rings (SSSR count). The number of pyridine rings is 1. The minimum absolute atomic E-state index is 0.0415. The van der Waals surface area contributed by atoms with Gasteiger partial charge in [-0.15, -0.1) is 0 Å². The van der Waals surface area contributed by atoms with E-state index in [9.17, 15) is 4.39 Å². The molecule has 2 N–H and O–H groups in total. The van der Waals surface area contributed by atoms with Crippen LogP contribution in [0, 0.1) is 11.6 Å². The standard InChI is InChI=1S/C26H32F2N8/c1-17(2)36-12-11-34(3)25-20(27)13-18(14-22(25)36)24-21(28)16-31-26(33-24)32-23-6-5-19(15-30-23)35-9-4-7-29-8-10-35/h5-6,13-17,29H,4,7-12H2,1-3H3,(H,30,31,32,33). The molecule has 2 aliphatic heterocycles. The first-order valence-corrected chi connectivity index (χ1v) is 12.4. The molecule has 0 saturated carbocycles. The summed E-state index contributed by atoms with van der Waals surface area (Å²) in [4.78, 5) is 19.3. The number of hydrogen-bond acceptors (Lipinski definition) is 8. The largest absolute Gasteiger partial charge is 0.369 e. The molecule has 36 heavy (non-hydrogen) atoms. The van der Waals surface area contributed by atoms with Crippen LogP contribution in [0.25, 0.3) is 11.3 Å². The molecule has 0 atom stereocenters. The van der Waals surface area contributed by atoms with Gasteiger partial charge in [0.2, 0.25) is 5.95 Å². The Labute approximate surface area is 210 Å². The van der Waals surface area contributed by atoms with Crippen LogP contribution in [0.1, 0.15) is 20.3 Å². The maximum atomic E-state index is 15.2. The highest BCUT2D eigenvalue weighted by atomic mass is 19.1. The zero-order valence-corrected chi connectivity index (χ0v) is 20.9. The van der Waals surface area contributed by atoms with Crippen molar-refractivity contribution in [3.63, 3.8) is 0 Å². The van der Waals surface area contributed by atoms with Crippen molar-refractivity contribution in [3.8, 4) is 11.3 Å². The van der Waals surface area contributed by atoms with Crippen LogP contribution in [0.4, 0.5) is 37.6 Å². The highest BCUT2D eigenvalue weighted by molar-refractivity contribution is 5.80. The summed E-state index contributed by atoms with van der Waals surface area (Å²) in [5.74, 6) is -0.267. The third-order valence-electron chi connectivity index (χ3n) is 6.74. The van der Waals surface area contributed by atoms with Gasteiger partial charge in [0.25, 0.3) is 0 Å². The molecule has 10 heteroatoms. The number of halogens is 2. The first-order valence-electron chi connectivity index (χ1n) is 12.4. The van der Waals surface area contributed by atoms with Crippen LogP contribution in [-0.4, -0.2) is 67.3 Å². The second-order valence-electron chi connectivity index (χ2n) is 9.54. The smallest absolute Gasteiger partial charge is 0.229 e. The quantitative estimate of drug-likeness (QED) is 0.551. The molecule has 3 aromatic rings. The van der Waals surface area contributed by atoms with Crippen LogP contribution in [-0.2, 0) is 0 Å². The number of nitrogens with one attached hydrogen (secondary N) is 2. The zero-order valence-electron chi connectivity index (χ0n) is 20.9. The van der Waals surface area contributed by atoms with Gasteiger partial charge in [-0.25, -0.2) is 23.7 Å².